The standard InChI is InChI=1S/C22H29N2O3PS/c1-28(29)23-9-4-10-24(28)22-8-3-6-20(16-22)18-27-14-12-25-11-13-26-17-19-5-2-7-21(23)15-19/h2-3,5-8,15-16H,4,9-14,17-18H2,1H3. The zero-order chi connectivity index (χ0) is 20.1. The summed E-state index contributed by atoms with van der Waals surface area (Å²) < 4.78 is 22.1. The van der Waals surface area contributed by atoms with E-state index in [1.165, 1.54) is 22.5 Å². The monoisotopic (exact) mass is 432 g/mol. The van der Waals surface area contributed by atoms with Gasteiger partial charge in [-0.1, -0.05) is 36.1 Å². The lowest BCUT2D eigenvalue weighted by Crippen LogP contribution is -2.39. The van der Waals surface area contributed by atoms with Crippen LogP contribution in [-0.4, -0.2) is 46.2 Å². The van der Waals surface area contributed by atoms with Crippen molar-refractivity contribution < 1.29 is 14.2 Å². The number of hydrogen-bond acceptors (Lipinski definition) is 4. The van der Waals surface area contributed by atoms with E-state index in [-0.39, 0.29) is 0 Å². The van der Waals surface area contributed by atoms with E-state index in [1.807, 2.05) is 0 Å². The number of nitrogens with zero attached hydrogens (tertiary/aromatic N) is 2. The lowest BCUT2D eigenvalue weighted by Gasteiger charge is -2.47. The second-order valence-corrected chi connectivity index (χ2v) is 12.2. The summed E-state index contributed by atoms with van der Waals surface area (Å²) in [6.45, 7) is 7.70. The fourth-order valence-electron chi connectivity index (χ4n) is 3.89. The first kappa shape index (κ1) is 20.8. The molecular formula is C22H29N2O3PS. The van der Waals surface area contributed by atoms with Gasteiger partial charge in [0.05, 0.1) is 39.6 Å². The molecule has 0 saturated carbocycles. The summed E-state index contributed by atoms with van der Waals surface area (Å²) >= 11 is 6.28. The predicted molar refractivity (Wildman–Crippen MR) is 123 cm³/mol. The molecule has 0 N–H and O–H groups in total. The molecule has 1 fully saturated rings. The Kier molecular flexibility index (Phi) is 6.88. The van der Waals surface area contributed by atoms with Gasteiger partial charge >= 0.3 is 0 Å². The van der Waals surface area contributed by atoms with E-state index in [4.69, 9.17) is 26.0 Å². The van der Waals surface area contributed by atoms with Gasteiger partial charge < -0.3 is 23.6 Å². The third-order valence-corrected chi connectivity index (χ3v) is 9.17. The van der Waals surface area contributed by atoms with Crippen LogP contribution in [0, 0.1) is 0 Å². The summed E-state index contributed by atoms with van der Waals surface area (Å²) in [7, 11) is 0. The van der Waals surface area contributed by atoms with Crippen LogP contribution in [0.3, 0.4) is 0 Å². The summed E-state index contributed by atoms with van der Waals surface area (Å²) in [4.78, 5) is 0. The number of rotatable bonds is 0. The average molecular weight is 433 g/mol. The van der Waals surface area contributed by atoms with Crippen molar-refractivity contribution in [3.63, 3.8) is 0 Å². The van der Waals surface area contributed by atoms with E-state index in [0.29, 0.717) is 39.6 Å². The van der Waals surface area contributed by atoms with Crippen LogP contribution in [0.1, 0.15) is 17.5 Å². The molecule has 2 aromatic carbocycles. The Bertz CT molecular complexity index is 813. The van der Waals surface area contributed by atoms with Gasteiger partial charge in [0, 0.05) is 31.1 Å². The van der Waals surface area contributed by atoms with Crippen LogP contribution >= 0.6 is 6.34 Å². The SMILES string of the molecule is CP1(=S)N2CCCN1c1cccc(c1)COCCOCCOCc1cccc2c1. The number of hydrogen-bond donors (Lipinski definition) is 0. The summed E-state index contributed by atoms with van der Waals surface area (Å²) in [6, 6.07) is 17.2. The van der Waals surface area contributed by atoms with Gasteiger partial charge in [0.15, 0.2) is 0 Å². The summed E-state index contributed by atoms with van der Waals surface area (Å²) in [5.41, 5.74) is 4.72. The van der Waals surface area contributed by atoms with Crippen LogP contribution in [0.4, 0.5) is 11.4 Å². The Morgan fingerprint density at radius 1 is 0.759 bits per heavy atom. The normalized spacial score (nSPS) is 20.6. The molecule has 2 aromatic rings. The molecule has 0 radical (unpaired) electrons. The molecular weight excluding hydrogens is 403 g/mol. The molecule has 0 spiro atoms. The Morgan fingerprint density at radius 3 is 1.76 bits per heavy atom. The van der Waals surface area contributed by atoms with Gasteiger partial charge in [-0.25, -0.2) is 0 Å². The molecule has 29 heavy (non-hydrogen) atoms. The molecule has 4 rings (SSSR count). The minimum atomic E-state index is -1.94. The number of anilines is 2. The third-order valence-electron chi connectivity index (χ3n) is 5.33. The lowest BCUT2D eigenvalue weighted by molar-refractivity contribution is 0.00705. The van der Waals surface area contributed by atoms with Crippen LogP contribution in [0.25, 0.3) is 0 Å². The van der Waals surface area contributed by atoms with Crippen LogP contribution < -0.4 is 9.34 Å². The Hall–Kier alpha value is -1.43. The quantitative estimate of drug-likeness (QED) is 0.574. The van der Waals surface area contributed by atoms with Crippen molar-refractivity contribution in [1.82, 2.24) is 0 Å². The first-order valence-corrected chi connectivity index (χ1v) is 13.3. The maximum absolute atomic E-state index is 6.28. The second-order valence-electron chi connectivity index (χ2n) is 7.49. The first-order chi connectivity index (χ1) is 14.1. The highest BCUT2D eigenvalue weighted by atomic mass is 32.4. The maximum atomic E-state index is 6.28. The molecule has 0 unspecified atom stereocenters. The molecule has 0 aromatic heterocycles. The Morgan fingerprint density at radius 2 is 1.24 bits per heavy atom. The van der Waals surface area contributed by atoms with Crippen LogP contribution in [0.2, 0.25) is 0 Å². The van der Waals surface area contributed by atoms with Crippen molar-refractivity contribution >= 4 is 29.5 Å². The molecule has 2 aliphatic rings. The minimum absolute atomic E-state index is 0.579. The molecule has 1 saturated heterocycles. The highest BCUT2D eigenvalue weighted by Crippen LogP contribution is 2.56. The Balaban J connectivity index is 1.66. The van der Waals surface area contributed by atoms with Crippen molar-refractivity contribution in [2.24, 2.45) is 0 Å². The zero-order valence-corrected chi connectivity index (χ0v) is 18.7. The smallest absolute Gasteiger partial charge is 0.121 e. The molecule has 0 atom stereocenters. The molecule has 5 nitrogen and oxygen atoms in total. The van der Waals surface area contributed by atoms with Crippen molar-refractivity contribution in [1.29, 1.82) is 0 Å². The maximum Gasteiger partial charge on any atom is 0.121 e. The zero-order valence-electron chi connectivity index (χ0n) is 17.0. The van der Waals surface area contributed by atoms with Crippen molar-refractivity contribution in [2.75, 3.05) is 55.5 Å². The average Bonchev–Trinajstić information content (AvgIpc) is 2.72. The van der Waals surface area contributed by atoms with Gasteiger partial charge in [-0.3, -0.25) is 0 Å². The summed E-state index contributed by atoms with van der Waals surface area (Å²) in [5.74, 6) is 0. The predicted octanol–water partition coefficient (Wildman–Crippen LogP) is 4.41. The molecule has 2 aliphatic heterocycles. The summed E-state index contributed by atoms with van der Waals surface area (Å²) in [5, 5.41) is 0. The topological polar surface area (TPSA) is 34.2 Å². The van der Waals surface area contributed by atoms with Crippen LogP contribution in [-0.2, 0) is 39.2 Å². The van der Waals surface area contributed by atoms with Crippen molar-refractivity contribution in [3.8, 4) is 0 Å². The summed E-state index contributed by atoms with van der Waals surface area (Å²) in [6.07, 6.45) is -0.850. The first-order valence-electron chi connectivity index (χ1n) is 10.2. The number of fused-ring (bicyclic) bond motifs is 8. The number of ether oxygens (including phenoxy) is 3. The van der Waals surface area contributed by atoms with E-state index < -0.39 is 6.34 Å². The van der Waals surface area contributed by atoms with E-state index in [2.05, 4.69) is 64.5 Å². The fourth-order valence-corrected chi connectivity index (χ4v) is 7.34. The molecule has 0 aliphatic carbocycles. The van der Waals surface area contributed by atoms with E-state index >= 15 is 0 Å². The van der Waals surface area contributed by atoms with E-state index in [0.717, 1.165) is 19.5 Å². The van der Waals surface area contributed by atoms with Gasteiger partial charge in [-0.15, -0.1) is 0 Å². The highest BCUT2D eigenvalue weighted by molar-refractivity contribution is 8.15. The van der Waals surface area contributed by atoms with Crippen LogP contribution in [0.5, 0.6) is 0 Å². The van der Waals surface area contributed by atoms with E-state index in [1.54, 1.807) is 0 Å². The largest absolute Gasteiger partial charge is 0.377 e. The third kappa shape index (κ3) is 5.01. The fraction of sp³-hybridized carbons (Fsp3) is 0.455. The van der Waals surface area contributed by atoms with E-state index in [9.17, 15) is 0 Å². The van der Waals surface area contributed by atoms with Gasteiger partial charge in [0.25, 0.3) is 0 Å². The van der Waals surface area contributed by atoms with Gasteiger partial charge in [0.1, 0.15) is 6.34 Å². The molecule has 156 valence electrons. The lowest BCUT2D eigenvalue weighted by atomic mass is 10.2. The van der Waals surface area contributed by atoms with Crippen molar-refractivity contribution in [2.45, 2.75) is 19.6 Å². The van der Waals surface area contributed by atoms with Gasteiger partial charge in [0.2, 0.25) is 0 Å². The highest BCUT2D eigenvalue weighted by Gasteiger charge is 2.32. The Labute approximate surface area is 178 Å². The molecule has 6 bridgehead atoms. The molecule has 2 heterocycles. The van der Waals surface area contributed by atoms with Gasteiger partial charge in [-0.2, -0.15) is 0 Å². The van der Waals surface area contributed by atoms with Crippen molar-refractivity contribution in [3.05, 3.63) is 59.7 Å². The minimum Gasteiger partial charge on any atom is -0.377 e. The second kappa shape index (κ2) is 9.59. The van der Waals surface area contributed by atoms with Crippen LogP contribution in [0.15, 0.2) is 48.5 Å². The van der Waals surface area contributed by atoms with Gasteiger partial charge in [-0.05, 0) is 41.8 Å². The molecule has 0 amide bonds. The molecule has 7 heteroatoms. The number of benzene rings is 2.